The normalized spacial score (nSPS) is 10.6. The van der Waals surface area contributed by atoms with Gasteiger partial charge in [0.15, 0.2) is 17.3 Å². The van der Waals surface area contributed by atoms with Gasteiger partial charge in [-0.05, 0) is 36.8 Å². The van der Waals surface area contributed by atoms with E-state index in [1.807, 2.05) is 37.3 Å². The highest BCUT2D eigenvalue weighted by Crippen LogP contribution is 2.41. The number of ether oxygens (including phenoxy) is 3. The number of aromatic nitrogens is 3. The molecule has 0 fully saturated rings. The third kappa shape index (κ3) is 3.13. The fourth-order valence-corrected chi connectivity index (χ4v) is 2.73. The average molecular weight is 360 g/mol. The van der Waals surface area contributed by atoms with Crippen molar-refractivity contribution in [1.82, 2.24) is 14.8 Å². The highest BCUT2D eigenvalue weighted by molar-refractivity contribution is 6.31. The zero-order chi connectivity index (χ0) is 18.0. The molecule has 0 saturated heterocycles. The molecular weight excluding hydrogens is 342 g/mol. The van der Waals surface area contributed by atoms with Crippen LogP contribution in [0.2, 0.25) is 5.02 Å². The number of hydrogen-bond acceptors (Lipinski definition) is 5. The summed E-state index contributed by atoms with van der Waals surface area (Å²) in [4.78, 5) is 4.38. The fourth-order valence-electron chi connectivity index (χ4n) is 2.55. The molecule has 0 N–H and O–H groups in total. The molecule has 7 heteroatoms. The third-order valence-corrected chi connectivity index (χ3v) is 4.28. The van der Waals surface area contributed by atoms with Crippen LogP contribution in [0.4, 0.5) is 0 Å². The van der Waals surface area contributed by atoms with Crippen LogP contribution in [-0.2, 0) is 0 Å². The van der Waals surface area contributed by atoms with E-state index in [0.717, 1.165) is 16.8 Å². The summed E-state index contributed by atoms with van der Waals surface area (Å²) in [5, 5.41) is 4.99. The lowest BCUT2D eigenvalue weighted by Crippen LogP contribution is -2.01. The summed E-state index contributed by atoms with van der Waals surface area (Å²) in [7, 11) is 4.72. The second-order valence-corrected chi connectivity index (χ2v) is 5.75. The van der Waals surface area contributed by atoms with Crippen LogP contribution >= 0.6 is 11.6 Å². The number of hydrogen-bond donors (Lipinski definition) is 0. The second-order valence-electron chi connectivity index (χ2n) is 5.34. The zero-order valence-corrected chi connectivity index (χ0v) is 15.2. The summed E-state index contributed by atoms with van der Waals surface area (Å²) >= 11 is 6.25. The highest BCUT2D eigenvalue weighted by Gasteiger charge is 2.18. The first-order chi connectivity index (χ1) is 12.1. The first-order valence-corrected chi connectivity index (χ1v) is 7.93. The van der Waals surface area contributed by atoms with E-state index in [1.165, 1.54) is 6.33 Å². The van der Waals surface area contributed by atoms with Gasteiger partial charge in [-0.3, -0.25) is 0 Å². The summed E-state index contributed by atoms with van der Waals surface area (Å²) in [6.45, 7) is 1.95. The second kappa shape index (κ2) is 7.03. The Morgan fingerprint density at radius 1 is 0.960 bits per heavy atom. The maximum atomic E-state index is 6.25. The molecule has 0 aliphatic heterocycles. The molecule has 0 radical (unpaired) electrons. The van der Waals surface area contributed by atoms with Gasteiger partial charge in [-0.15, -0.1) is 0 Å². The minimum Gasteiger partial charge on any atom is -0.493 e. The van der Waals surface area contributed by atoms with Crippen LogP contribution in [0.1, 0.15) is 5.56 Å². The Labute approximate surface area is 150 Å². The van der Waals surface area contributed by atoms with Crippen LogP contribution in [0.25, 0.3) is 17.1 Å². The molecule has 2 aromatic carbocycles. The van der Waals surface area contributed by atoms with Crippen molar-refractivity contribution in [1.29, 1.82) is 0 Å². The Hall–Kier alpha value is -2.73. The quantitative estimate of drug-likeness (QED) is 0.691. The average Bonchev–Trinajstić information content (AvgIpc) is 3.12. The van der Waals surface area contributed by atoms with Crippen LogP contribution in [0.5, 0.6) is 17.2 Å². The largest absolute Gasteiger partial charge is 0.493 e. The molecule has 0 spiro atoms. The van der Waals surface area contributed by atoms with E-state index < -0.39 is 0 Å². The molecule has 3 aromatic rings. The predicted molar refractivity (Wildman–Crippen MR) is 96.2 cm³/mol. The molecule has 1 heterocycles. The number of rotatable bonds is 5. The van der Waals surface area contributed by atoms with Crippen LogP contribution in [-0.4, -0.2) is 36.1 Å². The van der Waals surface area contributed by atoms with Gasteiger partial charge in [-0.25, -0.2) is 9.67 Å². The van der Waals surface area contributed by atoms with Gasteiger partial charge in [0.05, 0.1) is 27.0 Å². The van der Waals surface area contributed by atoms with Gasteiger partial charge in [0.2, 0.25) is 5.75 Å². The first-order valence-electron chi connectivity index (χ1n) is 7.56. The van der Waals surface area contributed by atoms with Gasteiger partial charge in [0.25, 0.3) is 0 Å². The van der Waals surface area contributed by atoms with Gasteiger partial charge in [-0.1, -0.05) is 17.7 Å². The van der Waals surface area contributed by atoms with Crippen molar-refractivity contribution in [3.05, 3.63) is 47.2 Å². The third-order valence-electron chi connectivity index (χ3n) is 3.87. The minimum atomic E-state index is 0.526. The summed E-state index contributed by atoms with van der Waals surface area (Å²) in [5.41, 5.74) is 2.60. The molecule has 0 unspecified atom stereocenters. The lowest BCUT2D eigenvalue weighted by Gasteiger charge is -2.14. The Bertz CT molecular complexity index is 883. The number of methoxy groups -OCH3 is 3. The van der Waals surface area contributed by atoms with Crippen molar-refractivity contribution in [2.24, 2.45) is 0 Å². The van der Waals surface area contributed by atoms with Crippen molar-refractivity contribution in [2.45, 2.75) is 6.92 Å². The monoisotopic (exact) mass is 359 g/mol. The van der Waals surface area contributed by atoms with Crippen LogP contribution < -0.4 is 14.2 Å². The molecule has 0 atom stereocenters. The smallest absolute Gasteiger partial charge is 0.203 e. The van der Waals surface area contributed by atoms with Gasteiger partial charge in [0, 0.05) is 10.6 Å². The Balaban J connectivity index is 2.15. The minimum absolute atomic E-state index is 0.526. The molecule has 1 aromatic heterocycles. The zero-order valence-electron chi connectivity index (χ0n) is 14.4. The molecule has 6 nitrogen and oxygen atoms in total. The van der Waals surface area contributed by atoms with Gasteiger partial charge in [0.1, 0.15) is 6.33 Å². The van der Waals surface area contributed by atoms with Crippen LogP contribution in [0.3, 0.4) is 0 Å². The van der Waals surface area contributed by atoms with E-state index >= 15 is 0 Å². The van der Waals surface area contributed by atoms with Crippen LogP contribution in [0, 0.1) is 6.92 Å². The maximum Gasteiger partial charge on any atom is 0.203 e. The molecule has 25 heavy (non-hydrogen) atoms. The highest BCUT2D eigenvalue weighted by atomic mass is 35.5. The van der Waals surface area contributed by atoms with Crippen molar-refractivity contribution in [3.8, 4) is 34.3 Å². The lowest BCUT2D eigenvalue weighted by molar-refractivity contribution is 0.324. The van der Waals surface area contributed by atoms with E-state index in [9.17, 15) is 0 Å². The Morgan fingerprint density at radius 2 is 1.64 bits per heavy atom. The molecule has 0 saturated carbocycles. The van der Waals surface area contributed by atoms with Crippen molar-refractivity contribution in [2.75, 3.05) is 21.3 Å². The van der Waals surface area contributed by atoms with Crippen LogP contribution in [0.15, 0.2) is 36.7 Å². The topological polar surface area (TPSA) is 58.4 Å². The molecular formula is C18H18ClN3O3. The SMILES string of the molecule is COc1cc(-c2ncnn2-c2ccc(C)c(Cl)c2)cc(OC)c1OC. The van der Waals surface area contributed by atoms with Gasteiger partial charge >= 0.3 is 0 Å². The fraction of sp³-hybridized carbons (Fsp3) is 0.222. The Kier molecular flexibility index (Phi) is 4.81. The molecule has 3 rings (SSSR count). The molecule has 0 aliphatic carbocycles. The summed E-state index contributed by atoms with van der Waals surface area (Å²) < 4.78 is 17.9. The number of halogens is 1. The first kappa shape index (κ1) is 17.1. The molecule has 130 valence electrons. The van der Waals surface area contributed by atoms with Crippen molar-refractivity contribution < 1.29 is 14.2 Å². The maximum absolute atomic E-state index is 6.25. The van der Waals surface area contributed by atoms with Gasteiger partial charge in [-0.2, -0.15) is 5.10 Å². The van der Waals surface area contributed by atoms with Gasteiger partial charge < -0.3 is 14.2 Å². The van der Waals surface area contributed by atoms with Crippen molar-refractivity contribution in [3.63, 3.8) is 0 Å². The summed E-state index contributed by atoms with van der Waals surface area (Å²) in [6.07, 6.45) is 1.49. The molecule has 0 bridgehead atoms. The summed E-state index contributed by atoms with van der Waals surface area (Å²) in [5.74, 6) is 2.26. The lowest BCUT2D eigenvalue weighted by atomic mass is 10.1. The van der Waals surface area contributed by atoms with E-state index in [-0.39, 0.29) is 0 Å². The molecule has 0 aliphatic rings. The summed E-state index contributed by atoms with van der Waals surface area (Å²) in [6, 6.07) is 9.40. The van der Waals surface area contributed by atoms with E-state index in [1.54, 1.807) is 26.0 Å². The standard InChI is InChI=1S/C18H18ClN3O3/c1-11-5-6-13(9-14(11)19)22-18(20-10-21-22)12-7-15(23-2)17(25-4)16(8-12)24-3/h5-10H,1-4H3. The Morgan fingerprint density at radius 3 is 2.20 bits per heavy atom. The molecule has 0 amide bonds. The van der Waals surface area contributed by atoms with E-state index in [0.29, 0.717) is 28.1 Å². The number of aryl methyl sites for hydroxylation is 1. The number of benzene rings is 2. The van der Waals surface area contributed by atoms with E-state index in [2.05, 4.69) is 10.1 Å². The van der Waals surface area contributed by atoms with Crippen molar-refractivity contribution >= 4 is 11.6 Å². The van der Waals surface area contributed by atoms with E-state index in [4.69, 9.17) is 25.8 Å². The predicted octanol–water partition coefficient (Wildman–Crippen LogP) is 3.92. The number of nitrogens with zero attached hydrogens (tertiary/aromatic N) is 3.